The lowest BCUT2D eigenvalue weighted by Gasteiger charge is -2.32. The van der Waals surface area contributed by atoms with Crippen molar-refractivity contribution >= 4 is 17.2 Å². The van der Waals surface area contributed by atoms with Crippen LogP contribution in [-0.2, 0) is 0 Å². The van der Waals surface area contributed by atoms with Crippen molar-refractivity contribution in [1.82, 2.24) is 30.0 Å². The van der Waals surface area contributed by atoms with Crippen LogP contribution in [0.25, 0.3) is 11.6 Å². The van der Waals surface area contributed by atoms with E-state index in [0.717, 1.165) is 24.9 Å². The second kappa shape index (κ2) is 6.99. The Bertz CT molecular complexity index is 885. The molecule has 3 aromatic rings. The summed E-state index contributed by atoms with van der Waals surface area (Å²) in [7, 11) is 0. The average molecular weight is 372 g/mol. The molecular formula is C17H20N6O2S. The van der Waals surface area contributed by atoms with Gasteiger partial charge in [0.1, 0.15) is 0 Å². The summed E-state index contributed by atoms with van der Waals surface area (Å²) in [5.41, 5.74) is 1.31. The fourth-order valence-corrected chi connectivity index (χ4v) is 3.68. The topological polar surface area (TPSA) is 89.9 Å². The summed E-state index contributed by atoms with van der Waals surface area (Å²) in [5.74, 6) is 1.30. The molecule has 0 radical (unpaired) electrons. The minimum Gasteiger partial charge on any atom is -0.336 e. The number of rotatable bonds is 4. The van der Waals surface area contributed by atoms with Crippen LogP contribution in [0.15, 0.2) is 27.5 Å². The molecule has 3 aromatic heterocycles. The highest BCUT2D eigenvalue weighted by Gasteiger charge is 2.27. The molecule has 0 bridgehead atoms. The number of likely N-dealkylation sites (tertiary alicyclic amines) is 1. The predicted molar refractivity (Wildman–Crippen MR) is 95.9 cm³/mol. The molecule has 8 nitrogen and oxygen atoms in total. The molecule has 4 heterocycles. The Morgan fingerprint density at radius 3 is 3.04 bits per heavy atom. The number of amides is 1. The first-order chi connectivity index (χ1) is 12.6. The fourth-order valence-electron chi connectivity index (χ4n) is 3.05. The van der Waals surface area contributed by atoms with Crippen LogP contribution in [0.2, 0.25) is 0 Å². The highest BCUT2D eigenvalue weighted by atomic mass is 32.1. The fraction of sp³-hybridized carbons (Fsp3) is 0.471. The molecule has 1 aliphatic heterocycles. The highest BCUT2D eigenvalue weighted by molar-refractivity contribution is 7.08. The van der Waals surface area contributed by atoms with Gasteiger partial charge in [0.05, 0.1) is 17.8 Å². The third-order valence-electron chi connectivity index (χ3n) is 4.51. The van der Waals surface area contributed by atoms with Crippen LogP contribution < -0.4 is 0 Å². The highest BCUT2D eigenvalue weighted by Crippen LogP contribution is 2.25. The van der Waals surface area contributed by atoms with Gasteiger partial charge in [-0.15, -0.1) is 5.10 Å². The molecule has 1 aliphatic rings. The Kier molecular flexibility index (Phi) is 4.54. The number of carbonyl (C=O) groups is 1. The van der Waals surface area contributed by atoms with E-state index in [4.69, 9.17) is 4.52 Å². The van der Waals surface area contributed by atoms with Gasteiger partial charge in [0.2, 0.25) is 0 Å². The third-order valence-corrected chi connectivity index (χ3v) is 5.20. The molecule has 1 unspecified atom stereocenters. The maximum atomic E-state index is 12.6. The largest absolute Gasteiger partial charge is 0.336 e. The summed E-state index contributed by atoms with van der Waals surface area (Å²) >= 11 is 1.54. The SMILES string of the molecule is CC(C)c1noc(-c2cn(C3CCCN(C(=O)c4ccsc4)C3)nn2)n1. The van der Waals surface area contributed by atoms with Crippen molar-refractivity contribution in [3.8, 4) is 11.6 Å². The molecule has 1 atom stereocenters. The Morgan fingerprint density at radius 2 is 2.31 bits per heavy atom. The molecule has 136 valence electrons. The Labute approximate surface area is 154 Å². The van der Waals surface area contributed by atoms with E-state index in [9.17, 15) is 4.79 Å². The lowest BCUT2D eigenvalue weighted by atomic mass is 10.1. The number of thiophene rings is 1. The van der Waals surface area contributed by atoms with Crippen LogP contribution in [-0.4, -0.2) is 49.0 Å². The quantitative estimate of drug-likeness (QED) is 0.699. The van der Waals surface area contributed by atoms with Crippen LogP contribution in [0.3, 0.4) is 0 Å². The summed E-state index contributed by atoms with van der Waals surface area (Å²) in [6, 6.07) is 1.96. The predicted octanol–water partition coefficient (Wildman–Crippen LogP) is 2.99. The van der Waals surface area contributed by atoms with E-state index < -0.39 is 0 Å². The van der Waals surface area contributed by atoms with Gasteiger partial charge in [0, 0.05) is 24.4 Å². The number of nitrogens with zero attached hydrogens (tertiary/aromatic N) is 6. The van der Waals surface area contributed by atoms with Gasteiger partial charge in [-0.3, -0.25) is 4.79 Å². The van der Waals surface area contributed by atoms with Crippen LogP contribution in [0.5, 0.6) is 0 Å². The first kappa shape index (κ1) is 16.9. The summed E-state index contributed by atoms with van der Waals surface area (Å²) in [4.78, 5) is 18.8. The smallest absolute Gasteiger partial charge is 0.280 e. The minimum absolute atomic E-state index is 0.0785. The molecule has 0 spiro atoms. The molecule has 0 aromatic carbocycles. The molecule has 0 saturated carbocycles. The van der Waals surface area contributed by atoms with E-state index >= 15 is 0 Å². The zero-order valence-electron chi connectivity index (χ0n) is 14.7. The van der Waals surface area contributed by atoms with Crippen LogP contribution >= 0.6 is 11.3 Å². The van der Waals surface area contributed by atoms with Crippen molar-refractivity contribution in [3.63, 3.8) is 0 Å². The molecule has 1 saturated heterocycles. The van der Waals surface area contributed by atoms with Gasteiger partial charge in [-0.25, -0.2) is 4.68 Å². The van der Waals surface area contributed by atoms with Crippen molar-refractivity contribution in [2.75, 3.05) is 13.1 Å². The van der Waals surface area contributed by atoms with E-state index in [-0.39, 0.29) is 17.9 Å². The Hall–Kier alpha value is -2.55. The van der Waals surface area contributed by atoms with Crippen molar-refractivity contribution in [1.29, 1.82) is 0 Å². The maximum Gasteiger partial charge on any atom is 0.280 e. The average Bonchev–Trinajstić information content (AvgIpc) is 3.42. The molecular weight excluding hydrogens is 352 g/mol. The minimum atomic E-state index is 0.0785. The number of hydrogen-bond donors (Lipinski definition) is 0. The van der Waals surface area contributed by atoms with Gasteiger partial charge in [0.25, 0.3) is 11.8 Å². The van der Waals surface area contributed by atoms with E-state index in [1.807, 2.05) is 46.5 Å². The molecule has 1 amide bonds. The van der Waals surface area contributed by atoms with E-state index in [0.29, 0.717) is 24.0 Å². The van der Waals surface area contributed by atoms with Gasteiger partial charge in [0.15, 0.2) is 11.5 Å². The van der Waals surface area contributed by atoms with Crippen molar-refractivity contribution in [2.24, 2.45) is 0 Å². The lowest BCUT2D eigenvalue weighted by molar-refractivity contribution is 0.0672. The van der Waals surface area contributed by atoms with Crippen LogP contribution in [0.1, 0.15) is 54.8 Å². The molecule has 26 heavy (non-hydrogen) atoms. The number of piperidine rings is 1. The van der Waals surface area contributed by atoms with Gasteiger partial charge in [-0.1, -0.05) is 24.2 Å². The van der Waals surface area contributed by atoms with E-state index in [2.05, 4.69) is 20.5 Å². The van der Waals surface area contributed by atoms with Gasteiger partial charge < -0.3 is 9.42 Å². The molecule has 4 rings (SSSR count). The molecule has 0 aliphatic carbocycles. The zero-order valence-corrected chi connectivity index (χ0v) is 15.5. The maximum absolute atomic E-state index is 12.6. The standard InChI is InChI=1S/C17H20N6O2S/c1-11(2)15-18-16(25-20-15)14-9-23(21-19-14)13-4-3-6-22(8-13)17(24)12-5-7-26-10-12/h5,7,9-11,13H,3-4,6,8H2,1-2H3. The van der Waals surface area contributed by atoms with Gasteiger partial charge >= 0.3 is 0 Å². The molecule has 0 N–H and O–H groups in total. The summed E-state index contributed by atoms with van der Waals surface area (Å²) < 4.78 is 7.09. The van der Waals surface area contributed by atoms with Crippen molar-refractivity contribution < 1.29 is 9.32 Å². The second-order valence-corrected chi connectivity index (χ2v) is 7.54. The van der Waals surface area contributed by atoms with Gasteiger partial charge in [-0.05, 0) is 24.3 Å². The summed E-state index contributed by atoms with van der Waals surface area (Å²) in [5, 5.41) is 16.2. The monoisotopic (exact) mass is 372 g/mol. The second-order valence-electron chi connectivity index (χ2n) is 6.76. The summed E-state index contributed by atoms with van der Waals surface area (Å²) in [6.07, 6.45) is 3.71. The third kappa shape index (κ3) is 3.26. The Morgan fingerprint density at radius 1 is 1.42 bits per heavy atom. The van der Waals surface area contributed by atoms with E-state index in [1.54, 1.807) is 0 Å². The zero-order chi connectivity index (χ0) is 18.1. The number of aromatic nitrogens is 5. The van der Waals surface area contributed by atoms with Crippen molar-refractivity contribution in [2.45, 2.75) is 38.6 Å². The van der Waals surface area contributed by atoms with E-state index in [1.165, 1.54) is 11.3 Å². The molecule has 1 fully saturated rings. The first-order valence-corrected chi connectivity index (χ1v) is 9.63. The number of hydrogen-bond acceptors (Lipinski definition) is 7. The normalized spacial score (nSPS) is 17.8. The van der Waals surface area contributed by atoms with Gasteiger partial charge in [-0.2, -0.15) is 16.3 Å². The first-order valence-electron chi connectivity index (χ1n) is 8.69. The Balaban J connectivity index is 1.49. The van der Waals surface area contributed by atoms with Crippen molar-refractivity contribution in [3.05, 3.63) is 34.4 Å². The van der Waals surface area contributed by atoms with Crippen LogP contribution in [0.4, 0.5) is 0 Å². The van der Waals surface area contributed by atoms with Crippen LogP contribution in [0, 0.1) is 0 Å². The summed E-state index contributed by atoms with van der Waals surface area (Å²) in [6.45, 7) is 5.41. The number of carbonyl (C=O) groups excluding carboxylic acids is 1. The lowest BCUT2D eigenvalue weighted by Crippen LogP contribution is -2.40. The molecule has 9 heteroatoms.